The van der Waals surface area contributed by atoms with E-state index in [0.717, 1.165) is 19.0 Å². The lowest BCUT2D eigenvalue weighted by atomic mass is 10.1. The number of nitrogens with zero attached hydrogens (tertiary/aromatic N) is 2. The zero-order chi connectivity index (χ0) is 18.8. The summed E-state index contributed by atoms with van der Waals surface area (Å²) in [5.41, 5.74) is 3.21. The fourth-order valence-corrected chi connectivity index (χ4v) is 2.73. The number of hydrogen-bond donors (Lipinski definition) is 2. The molecule has 0 amide bonds. The second-order valence-corrected chi connectivity index (χ2v) is 6.47. The Morgan fingerprint density at radius 2 is 1.59 bits per heavy atom. The summed E-state index contributed by atoms with van der Waals surface area (Å²) in [5.74, 6) is 0.595. The van der Waals surface area contributed by atoms with Gasteiger partial charge in [0, 0.05) is 19.6 Å². The zero-order valence-corrected chi connectivity index (χ0v) is 18.7. The standard InChI is InChI=1S/C21H29FN4.HI/c1-4-23-21(24-14-13-17-9-7-8-12-20(17)22)25-15-18-10-5-6-11-19(18)16-26(2)3;/h5-12H,4,13-16H2,1-3H3,(H2,23,24,25);1H. The molecule has 6 heteroatoms. The first-order valence-electron chi connectivity index (χ1n) is 9.07. The molecule has 0 atom stereocenters. The quantitative estimate of drug-likeness (QED) is 0.340. The fourth-order valence-electron chi connectivity index (χ4n) is 2.73. The molecule has 27 heavy (non-hydrogen) atoms. The maximum atomic E-state index is 13.7. The van der Waals surface area contributed by atoms with Gasteiger partial charge in [-0.05, 0) is 50.2 Å². The molecule has 2 rings (SSSR count). The number of halogens is 2. The lowest BCUT2D eigenvalue weighted by molar-refractivity contribution is 0.401. The van der Waals surface area contributed by atoms with E-state index in [9.17, 15) is 4.39 Å². The van der Waals surface area contributed by atoms with Gasteiger partial charge in [0.2, 0.25) is 0 Å². The van der Waals surface area contributed by atoms with Crippen molar-refractivity contribution in [3.63, 3.8) is 0 Å². The van der Waals surface area contributed by atoms with Crippen LogP contribution in [0.1, 0.15) is 23.6 Å². The number of hydrogen-bond acceptors (Lipinski definition) is 2. The Hall–Kier alpha value is -1.67. The number of rotatable bonds is 8. The topological polar surface area (TPSA) is 39.7 Å². The highest BCUT2D eigenvalue weighted by atomic mass is 127. The summed E-state index contributed by atoms with van der Waals surface area (Å²) in [6.07, 6.45) is 0.619. The van der Waals surface area contributed by atoms with Crippen molar-refractivity contribution in [2.45, 2.75) is 26.4 Å². The third-order valence-corrected chi connectivity index (χ3v) is 4.00. The molecular formula is C21H30FIN4. The largest absolute Gasteiger partial charge is 0.357 e. The molecule has 0 bridgehead atoms. The molecule has 0 aliphatic carbocycles. The van der Waals surface area contributed by atoms with Crippen molar-refractivity contribution in [2.24, 2.45) is 4.99 Å². The van der Waals surface area contributed by atoms with Crippen LogP contribution in [0.15, 0.2) is 53.5 Å². The minimum Gasteiger partial charge on any atom is -0.357 e. The predicted molar refractivity (Wildman–Crippen MR) is 122 cm³/mol. The van der Waals surface area contributed by atoms with Crippen LogP contribution in [0.4, 0.5) is 4.39 Å². The maximum absolute atomic E-state index is 13.7. The number of guanidine groups is 1. The zero-order valence-electron chi connectivity index (χ0n) is 16.3. The van der Waals surface area contributed by atoms with Gasteiger partial charge in [0.05, 0.1) is 6.54 Å². The molecule has 4 nitrogen and oxygen atoms in total. The molecule has 0 unspecified atom stereocenters. The summed E-state index contributed by atoms with van der Waals surface area (Å²) in [4.78, 5) is 6.84. The van der Waals surface area contributed by atoms with Crippen molar-refractivity contribution in [1.82, 2.24) is 15.5 Å². The van der Waals surface area contributed by atoms with Crippen molar-refractivity contribution in [3.8, 4) is 0 Å². The molecule has 0 spiro atoms. The molecule has 2 aromatic carbocycles. The minimum absolute atomic E-state index is 0. The van der Waals surface area contributed by atoms with E-state index in [-0.39, 0.29) is 29.8 Å². The third-order valence-electron chi connectivity index (χ3n) is 4.00. The molecule has 0 heterocycles. The summed E-state index contributed by atoms with van der Waals surface area (Å²) >= 11 is 0. The van der Waals surface area contributed by atoms with Crippen LogP contribution in [-0.2, 0) is 19.5 Å². The molecule has 0 fully saturated rings. The summed E-state index contributed by atoms with van der Waals surface area (Å²) in [6, 6.07) is 15.2. The average molecular weight is 484 g/mol. The molecule has 0 radical (unpaired) electrons. The SMILES string of the molecule is CCNC(=NCc1ccccc1CN(C)C)NCCc1ccccc1F.I. The summed E-state index contributed by atoms with van der Waals surface area (Å²) < 4.78 is 13.7. The Kier molecular flexibility index (Phi) is 11.0. The monoisotopic (exact) mass is 484 g/mol. The van der Waals surface area contributed by atoms with Crippen LogP contribution < -0.4 is 10.6 Å². The van der Waals surface area contributed by atoms with Crippen LogP contribution in [0.2, 0.25) is 0 Å². The van der Waals surface area contributed by atoms with E-state index < -0.39 is 0 Å². The first-order chi connectivity index (χ1) is 12.6. The normalized spacial score (nSPS) is 11.2. The van der Waals surface area contributed by atoms with E-state index in [1.807, 2.05) is 25.1 Å². The van der Waals surface area contributed by atoms with E-state index in [4.69, 9.17) is 0 Å². The highest BCUT2D eigenvalue weighted by molar-refractivity contribution is 14.0. The van der Waals surface area contributed by atoms with Gasteiger partial charge in [-0.15, -0.1) is 24.0 Å². The van der Waals surface area contributed by atoms with Gasteiger partial charge in [0.25, 0.3) is 0 Å². The lowest BCUT2D eigenvalue weighted by Gasteiger charge is -2.14. The van der Waals surface area contributed by atoms with E-state index in [1.165, 1.54) is 17.2 Å². The van der Waals surface area contributed by atoms with Gasteiger partial charge >= 0.3 is 0 Å². The molecular weight excluding hydrogens is 454 g/mol. The van der Waals surface area contributed by atoms with Gasteiger partial charge in [0.15, 0.2) is 5.96 Å². The van der Waals surface area contributed by atoms with Gasteiger partial charge in [-0.1, -0.05) is 42.5 Å². The third kappa shape index (κ3) is 8.26. The predicted octanol–water partition coefficient (Wildman–Crippen LogP) is 3.80. The van der Waals surface area contributed by atoms with Crippen LogP contribution in [0.5, 0.6) is 0 Å². The minimum atomic E-state index is -0.158. The van der Waals surface area contributed by atoms with Crippen LogP contribution in [-0.4, -0.2) is 38.0 Å². The number of aliphatic imine (C=N–C) groups is 1. The number of benzene rings is 2. The first-order valence-corrected chi connectivity index (χ1v) is 9.07. The Morgan fingerprint density at radius 1 is 0.963 bits per heavy atom. The summed E-state index contributed by atoms with van der Waals surface area (Å²) in [6.45, 7) is 4.95. The Labute approximate surface area is 179 Å². The Bertz CT molecular complexity index is 719. The fraction of sp³-hybridized carbons (Fsp3) is 0.381. The molecule has 0 aliphatic rings. The van der Waals surface area contributed by atoms with Crippen molar-refractivity contribution in [2.75, 3.05) is 27.2 Å². The van der Waals surface area contributed by atoms with Crippen LogP contribution in [0, 0.1) is 5.82 Å². The van der Waals surface area contributed by atoms with Crippen molar-refractivity contribution >= 4 is 29.9 Å². The Morgan fingerprint density at radius 3 is 2.22 bits per heavy atom. The smallest absolute Gasteiger partial charge is 0.191 e. The molecule has 0 aromatic heterocycles. The lowest BCUT2D eigenvalue weighted by Crippen LogP contribution is -2.38. The second-order valence-electron chi connectivity index (χ2n) is 6.47. The van der Waals surface area contributed by atoms with Crippen LogP contribution >= 0.6 is 24.0 Å². The van der Waals surface area contributed by atoms with E-state index in [0.29, 0.717) is 25.1 Å². The van der Waals surface area contributed by atoms with E-state index in [2.05, 4.69) is 52.8 Å². The van der Waals surface area contributed by atoms with Gasteiger partial charge in [-0.2, -0.15) is 0 Å². The highest BCUT2D eigenvalue weighted by Gasteiger charge is 2.05. The maximum Gasteiger partial charge on any atom is 0.191 e. The van der Waals surface area contributed by atoms with Crippen LogP contribution in [0.25, 0.3) is 0 Å². The highest BCUT2D eigenvalue weighted by Crippen LogP contribution is 2.12. The first kappa shape index (κ1) is 23.4. The molecule has 2 N–H and O–H groups in total. The molecule has 0 saturated heterocycles. The number of nitrogens with one attached hydrogen (secondary N) is 2. The van der Waals surface area contributed by atoms with Gasteiger partial charge < -0.3 is 15.5 Å². The molecule has 2 aromatic rings. The van der Waals surface area contributed by atoms with E-state index in [1.54, 1.807) is 6.07 Å². The van der Waals surface area contributed by atoms with Crippen molar-refractivity contribution < 1.29 is 4.39 Å². The van der Waals surface area contributed by atoms with Gasteiger partial charge in [-0.25, -0.2) is 9.38 Å². The Balaban J connectivity index is 0.00000364. The van der Waals surface area contributed by atoms with E-state index >= 15 is 0 Å². The average Bonchev–Trinajstić information content (AvgIpc) is 2.62. The van der Waals surface area contributed by atoms with Crippen LogP contribution in [0.3, 0.4) is 0 Å². The molecule has 0 saturated carbocycles. The van der Waals surface area contributed by atoms with Crippen molar-refractivity contribution in [1.29, 1.82) is 0 Å². The second kappa shape index (κ2) is 12.7. The molecule has 148 valence electrons. The van der Waals surface area contributed by atoms with Gasteiger partial charge in [0.1, 0.15) is 5.82 Å². The molecule has 0 aliphatic heterocycles. The van der Waals surface area contributed by atoms with Gasteiger partial charge in [-0.3, -0.25) is 0 Å². The van der Waals surface area contributed by atoms with Crippen molar-refractivity contribution in [3.05, 3.63) is 71.0 Å². The summed E-state index contributed by atoms with van der Waals surface area (Å²) in [5, 5.41) is 6.54. The summed E-state index contributed by atoms with van der Waals surface area (Å²) in [7, 11) is 4.13.